The van der Waals surface area contributed by atoms with E-state index in [4.69, 9.17) is 0 Å². The van der Waals surface area contributed by atoms with Gasteiger partial charge in [0.2, 0.25) is 0 Å². The fourth-order valence-electron chi connectivity index (χ4n) is 0.633. The van der Waals surface area contributed by atoms with Crippen LogP contribution in [0.5, 0.6) is 0 Å². The van der Waals surface area contributed by atoms with Crippen LogP contribution in [0, 0.1) is 0 Å². The zero-order valence-electron chi connectivity index (χ0n) is 9.76. The van der Waals surface area contributed by atoms with Crippen LogP contribution in [0.4, 0.5) is 0 Å². The van der Waals surface area contributed by atoms with Crippen LogP contribution in [0.2, 0.25) is 0 Å². The highest BCUT2D eigenvalue weighted by atomic mass is 15.2. The number of aliphatic imine (C=N–C) groups is 1. The Morgan fingerprint density at radius 3 is 2.00 bits per heavy atom. The number of hydrogen-bond donors (Lipinski definition) is 0. The van der Waals surface area contributed by atoms with Crippen molar-refractivity contribution in [1.29, 1.82) is 0 Å². The Bertz CT molecular complexity index is 190. The van der Waals surface area contributed by atoms with Gasteiger partial charge in [0.05, 0.1) is 0 Å². The summed E-state index contributed by atoms with van der Waals surface area (Å²) >= 11 is 0. The summed E-state index contributed by atoms with van der Waals surface area (Å²) in [7, 11) is 1.95. The maximum Gasteiger partial charge on any atom is 0.125 e. The van der Waals surface area contributed by atoms with Crippen molar-refractivity contribution in [3.05, 3.63) is 24.2 Å². The molecule has 0 aliphatic carbocycles. The van der Waals surface area contributed by atoms with E-state index in [1.54, 1.807) is 6.21 Å². The molecule has 1 aliphatic rings. The highest BCUT2D eigenvalue weighted by molar-refractivity contribution is 5.74. The van der Waals surface area contributed by atoms with Crippen molar-refractivity contribution in [3.8, 4) is 0 Å². The van der Waals surface area contributed by atoms with Gasteiger partial charge in [-0.15, -0.1) is 0 Å². The summed E-state index contributed by atoms with van der Waals surface area (Å²) in [6.07, 6.45) is 3.71. The van der Waals surface area contributed by atoms with Crippen LogP contribution in [0.3, 0.4) is 0 Å². The lowest BCUT2D eigenvalue weighted by Gasteiger charge is -2.20. The molecule has 2 nitrogen and oxygen atoms in total. The molecule has 2 heteroatoms. The average molecular weight is 182 g/mol. The number of hydrogen-bond acceptors (Lipinski definition) is 2. The summed E-state index contributed by atoms with van der Waals surface area (Å²) in [5.74, 6) is 0.801. The van der Waals surface area contributed by atoms with Gasteiger partial charge in [-0.25, -0.2) is 4.99 Å². The average Bonchev–Trinajstić information content (AvgIpc) is 2.20. The van der Waals surface area contributed by atoms with Crippen LogP contribution in [0.1, 0.15) is 34.6 Å². The van der Waals surface area contributed by atoms with Crippen molar-refractivity contribution in [1.82, 2.24) is 4.90 Å². The monoisotopic (exact) mass is 182 g/mol. The molecule has 0 N–H and O–H groups in total. The predicted molar refractivity (Wildman–Crippen MR) is 61.8 cm³/mol. The summed E-state index contributed by atoms with van der Waals surface area (Å²) < 4.78 is 0. The smallest absolute Gasteiger partial charge is 0.125 e. The lowest BCUT2D eigenvalue weighted by atomic mass is 10.3. The minimum Gasteiger partial charge on any atom is -0.334 e. The van der Waals surface area contributed by atoms with Gasteiger partial charge in [0.15, 0.2) is 0 Å². The number of nitrogens with zero attached hydrogens (tertiary/aromatic N) is 2. The molecule has 1 aliphatic heterocycles. The first kappa shape index (κ1) is 14.5. The van der Waals surface area contributed by atoms with Crippen molar-refractivity contribution in [3.63, 3.8) is 0 Å². The lowest BCUT2D eigenvalue weighted by Crippen LogP contribution is -2.15. The van der Waals surface area contributed by atoms with Gasteiger partial charge in [-0.2, -0.15) is 0 Å². The summed E-state index contributed by atoms with van der Waals surface area (Å²) in [5, 5.41) is 0. The first-order valence-corrected chi connectivity index (χ1v) is 4.85. The Kier molecular flexibility index (Phi) is 10.1. The fourth-order valence-corrected chi connectivity index (χ4v) is 0.633. The van der Waals surface area contributed by atoms with Crippen LogP contribution < -0.4 is 0 Å². The van der Waals surface area contributed by atoms with Crippen molar-refractivity contribution in [2.75, 3.05) is 7.05 Å². The first-order valence-electron chi connectivity index (χ1n) is 4.85. The van der Waals surface area contributed by atoms with Crippen molar-refractivity contribution in [2.24, 2.45) is 4.99 Å². The Labute approximate surface area is 82.7 Å². The maximum absolute atomic E-state index is 3.99. The quantitative estimate of drug-likeness (QED) is 0.560. The number of allylic oxidation sites excluding steroid dienone is 2. The van der Waals surface area contributed by atoms with Gasteiger partial charge in [0.25, 0.3) is 0 Å². The molecule has 76 valence electrons. The van der Waals surface area contributed by atoms with E-state index in [1.807, 2.05) is 52.6 Å². The standard InChI is InChI=1S/C7H10N2.2C2H6/c1-6-4-5-8-7(2)9(6)3;2*1-2/h4-5H,2H2,1,3H3;2*1-2H3. The van der Waals surface area contributed by atoms with Crippen LogP contribution in [0.15, 0.2) is 29.2 Å². The fraction of sp³-hybridized carbons (Fsp3) is 0.545. The molecule has 0 bridgehead atoms. The van der Waals surface area contributed by atoms with Crippen LogP contribution in [-0.2, 0) is 0 Å². The van der Waals surface area contributed by atoms with E-state index in [-0.39, 0.29) is 0 Å². The number of rotatable bonds is 0. The van der Waals surface area contributed by atoms with E-state index in [0.29, 0.717) is 0 Å². The molecule has 1 heterocycles. The topological polar surface area (TPSA) is 15.6 Å². The zero-order chi connectivity index (χ0) is 10.9. The van der Waals surface area contributed by atoms with E-state index in [0.717, 1.165) is 5.82 Å². The molecule has 0 saturated carbocycles. The van der Waals surface area contributed by atoms with E-state index >= 15 is 0 Å². The second kappa shape index (κ2) is 9.04. The minimum absolute atomic E-state index is 0.801. The molecule has 13 heavy (non-hydrogen) atoms. The van der Waals surface area contributed by atoms with Crippen LogP contribution in [0.25, 0.3) is 0 Å². The van der Waals surface area contributed by atoms with Gasteiger partial charge in [-0.05, 0) is 13.0 Å². The van der Waals surface area contributed by atoms with E-state index in [9.17, 15) is 0 Å². The highest BCUT2D eigenvalue weighted by Gasteiger charge is 2.03. The molecule has 0 aromatic heterocycles. The second-order valence-electron chi connectivity index (χ2n) is 2.06. The molecule has 0 fully saturated rings. The normalized spacial score (nSPS) is 13.5. The Balaban J connectivity index is 0. The summed E-state index contributed by atoms with van der Waals surface area (Å²) in [4.78, 5) is 5.94. The molecule has 1 rings (SSSR count). The van der Waals surface area contributed by atoms with Gasteiger partial charge in [0.1, 0.15) is 5.82 Å². The summed E-state index contributed by atoms with van der Waals surface area (Å²) in [6.45, 7) is 13.8. The van der Waals surface area contributed by atoms with Crippen LogP contribution in [-0.4, -0.2) is 18.2 Å². The largest absolute Gasteiger partial charge is 0.334 e. The zero-order valence-corrected chi connectivity index (χ0v) is 9.76. The predicted octanol–water partition coefficient (Wildman–Crippen LogP) is 3.43. The molecule has 0 radical (unpaired) electrons. The molecular formula is C11H22N2. The van der Waals surface area contributed by atoms with Crippen molar-refractivity contribution < 1.29 is 0 Å². The molecular weight excluding hydrogens is 160 g/mol. The van der Waals surface area contributed by atoms with Gasteiger partial charge in [-0.3, -0.25) is 0 Å². The SMILES string of the molecule is C=C1N=CC=C(C)N1C.CC.CC. The molecule has 0 aromatic rings. The summed E-state index contributed by atoms with van der Waals surface area (Å²) in [5.41, 5.74) is 1.18. The lowest BCUT2D eigenvalue weighted by molar-refractivity contribution is 0.514. The third-order valence-electron chi connectivity index (χ3n) is 1.46. The molecule has 0 saturated heterocycles. The summed E-state index contributed by atoms with van der Waals surface area (Å²) in [6, 6.07) is 0. The highest BCUT2D eigenvalue weighted by Crippen LogP contribution is 2.11. The third kappa shape index (κ3) is 5.23. The molecule has 0 atom stereocenters. The van der Waals surface area contributed by atoms with Gasteiger partial charge in [0, 0.05) is 19.0 Å². The Morgan fingerprint density at radius 1 is 1.23 bits per heavy atom. The first-order chi connectivity index (χ1) is 6.22. The minimum atomic E-state index is 0.801. The maximum atomic E-state index is 3.99. The van der Waals surface area contributed by atoms with Gasteiger partial charge >= 0.3 is 0 Å². The Hall–Kier alpha value is -1.05. The van der Waals surface area contributed by atoms with Gasteiger partial charge < -0.3 is 4.90 Å². The van der Waals surface area contributed by atoms with E-state index in [1.165, 1.54) is 5.70 Å². The Morgan fingerprint density at radius 2 is 1.69 bits per heavy atom. The molecule has 0 spiro atoms. The van der Waals surface area contributed by atoms with Gasteiger partial charge in [-0.1, -0.05) is 34.3 Å². The van der Waals surface area contributed by atoms with Crippen LogP contribution >= 0.6 is 0 Å². The van der Waals surface area contributed by atoms with E-state index in [2.05, 4.69) is 11.6 Å². The van der Waals surface area contributed by atoms with E-state index < -0.39 is 0 Å². The van der Waals surface area contributed by atoms with Crippen molar-refractivity contribution in [2.45, 2.75) is 34.6 Å². The third-order valence-corrected chi connectivity index (χ3v) is 1.46. The molecule has 0 amide bonds. The molecule has 0 aromatic carbocycles. The second-order valence-corrected chi connectivity index (χ2v) is 2.06. The van der Waals surface area contributed by atoms with Crippen molar-refractivity contribution >= 4 is 6.21 Å². The molecule has 0 unspecified atom stereocenters.